The number of anilines is 2. The van der Waals surface area contributed by atoms with Gasteiger partial charge in [-0.1, -0.05) is 30.3 Å². The number of fused-ring (bicyclic) bond motifs is 1. The minimum absolute atomic E-state index is 0.0444. The van der Waals surface area contributed by atoms with Gasteiger partial charge in [0.2, 0.25) is 5.91 Å². The second-order valence-electron chi connectivity index (χ2n) is 6.82. The van der Waals surface area contributed by atoms with E-state index in [1.54, 1.807) is 15.9 Å². The van der Waals surface area contributed by atoms with E-state index >= 15 is 0 Å². The maximum Gasteiger partial charge on any atom is 0.262 e. The van der Waals surface area contributed by atoms with E-state index in [-0.39, 0.29) is 24.3 Å². The Morgan fingerprint density at radius 3 is 2.63 bits per heavy atom. The number of hydrogen-bond donors (Lipinski definition) is 1. The van der Waals surface area contributed by atoms with Crippen LogP contribution in [0.15, 0.2) is 54.6 Å². The molecule has 6 nitrogen and oxygen atoms in total. The van der Waals surface area contributed by atoms with Crippen LogP contribution in [0.5, 0.6) is 0 Å². The summed E-state index contributed by atoms with van der Waals surface area (Å²) >= 11 is 0. The lowest BCUT2D eigenvalue weighted by molar-refractivity contribution is -0.122. The average molecular weight is 365 g/mol. The monoisotopic (exact) mass is 365 g/mol. The number of benzene rings is 2. The van der Waals surface area contributed by atoms with Crippen molar-refractivity contribution in [1.82, 2.24) is 5.32 Å². The minimum Gasteiger partial charge on any atom is -0.375 e. The van der Waals surface area contributed by atoms with Gasteiger partial charge >= 0.3 is 0 Å². The Morgan fingerprint density at radius 1 is 1.15 bits per heavy atom. The van der Waals surface area contributed by atoms with Crippen LogP contribution in [0, 0.1) is 0 Å². The van der Waals surface area contributed by atoms with Gasteiger partial charge in [-0.05, 0) is 31.2 Å². The van der Waals surface area contributed by atoms with Crippen LogP contribution in [-0.4, -0.2) is 43.8 Å². The van der Waals surface area contributed by atoms with E-state index in [0.717, 1.165) is 12.2 Å². The Labute approximate surface area is 158 Å². The molecule has 1 N–H and O–H groups in total. The number of nitrogens with one attached hydrogen (secondary N) is 1. The van der Waals surface area contributed by atoms with Crippen molar-refractivity contribution in [2.24, 2.45) is 0 Å². The Morgan fingerprint density at radius 2 is 1.89 bits per heavy atom. The van der Waals surface area contributed by atoms with E-state index in [1.807, 2.05) is 55.5 Å². The number of amides is 2. The van der Waals surface area contributed by atoms with Crippen molar-refractivity contribution in [2.45, 2.75) is 25.6 Å². The van der Waals surface area contributed by atoms with Crippen molar-refractivity contribution in [3.05, 3.63) is 60.2 Å². The van der Waals surface area contributed by atoms with Crippen LogP contribution in [0.25, 0.3) is 0 Å². The summed E-state index contributed by atoms with van der Waals surface area (Å²) in [6, 6.07) is 16.8. The van der Waals surface area contributed by atoms with Crippen molar-refractivity contribution >= 4 is 23.2 Å². The zero-order valence-corrected chi connectivity index (χ0v) is 15.3. The standard InChI is InChI=1S/C21H23N3O3/c1-15-23(16-7-3-2-4-8-16)21(26)18-9-5-6-10-19(18)24(15)20(25)13-17-14-22-11-12-27-17/h2-10,15,17,22H,11-14H2,1H3. The molecule has 0 saturated carbocycles. The fraction of sp³-hybridized carbons (Fsp3) is 0.333. The van der Waals surface area contributed by atoms with Crippen LogP contribution in [0.2, 0.25) is 0 Å². The van der Waals surface area contributed by atoms with Gasteiger partial charge in [-0.15, -0.1) is 0 Å². The first-order chi connectivity index (χ1) is 13.2. The van der Waals surface area contributed by atoms with Crippen molar-refractivity contribution in [1.29, 1.82) is 0 Å². The van der Waals surface area contributed by atoms with Crippen LogP contribution in [-0.2, 0) is 9.53 Å². The smallest absolute Gasteiger partial charge is 0.262 e. The van der Waals surface area contributed by atoms with Gasteiger partial charge < -0.3 is 10.1 Å². The lowest BCUT2D eigenvalue weighted by atomic mass is 10.0. The number of nitrogens with zero attached hydrogens (tertiary/aromatic N) is 2. The van der Waals surface area contributed by atoms with Crippen LogP contribution in [0.3, 0.4) is 0 Å². The molecule has 2 heterocycles. The molecule has 0 radical (unpaired) electrons. The second kappa shape index (κ2) is 7.50. The fourth-order valence-corrected chi connectivity index (χ4v) is 3.79. The van der Waals surface area contributed by atoms with Crippen LogP contribution in [0.1, 0.15) is 23.7 Å². The number of morpholine rings is 1. The predicted molar refractivity (Wildman–Crippen MR) is 104 cm³/mol. The highest BCUT2D eigenvalue weighted by Crippen LogP contribution is 2.34. The van der Waals surface area contributed by atoms with Crippen molar-refractivity contribution in [3.8, 4) is 0 Å². The summed E-state index contributed by atoms with van der Waals surface area (Å²) in [5.74, 6) is -0.138. The third-order valence-electron chi connectivity index (χ3n) is 5.07. The number of carbonyl (C=O) groups is 2. The molecule has 27 heavy (non-hydrogen) atoms. The van der Waals surface area contributed by atoms with E-state index in [0.29, 0.717) is 24.4 Å². The van der Waals surface area contributed by atoms with Crippen LogP contribution in [0.4, 0.5) is 11.4 Å². The van der Waals surface area contributed by atoms with E-state index in [1.165, 1.54) is 0 Å². The topological polar surface area (TPSA) is 61.9 Å². The third-order valence-corrected chi connectivity index (χ3v) is 5.07. The van der Waals surface area contributed by atoms with E-state index in [2.05, 4.69) is 5.32 Å². The van der Waals surface area contributed by atoms with Gasteiger partial charge in [-0.25, -0.2) is 0 Å². The molecule has 2 atom stereocenters. The van der Waals surface area contributed by atoms with Crippen LogP contribution >= 0.6 is 0 Å². The van der Waals surface area contributed by atoms with Crippen molar-refractivity contribution in [2.75, 3.05) is 29.5 Å². The van der Waals surface area contributed by atoms with E-state index < -0.39 is 6.17 Å². The molecule has 0 aliphatic carbocycles. The number of ether oxygens (including phenoxy) is 1. The largest absolute Gasteiger partial charge is 0.375 e. The first-order valence-electron chi connectivity index (χ1n) is 9.29. The zero-order chi connectivity index (χ0) is 18.8. The van der Waals surface area contributed by atoms with E-state index in [4.69, 9.17) is 4.74 Å². The molecule has 1 saturated heterocycles. The van der Waals surface area contributed by atoms with Crippen molar-refractivity contribution < 1.29 is 14.3 Å². The molecule has 0 aromatic heterocycles. The fourth-order valence-electron chi connectivity index (χ4n) is 3.79. The average Bonchev–Trinajstić information content (AvgIpc) is 2.70. The molecule has 4 rings (SSSR count). The Hall–Kier alpha value is -2.70. The van der Waals surface area contributed by atoms with Gasteiger partial charge in [-0.2, -0.15) is 0 Å². The second-order valence-corrected chi connectivity index (χ2v) is 6.82. The Bertz CT molecular complexity index is 834. The van der Waals surface area contributed by atoms with E-state index in [9.17, 15) is 9.59 Å². The number of para-hydroxylation sites is 2. The Balaban J connectivity index is 1.69. The molecular formula is C21H23N3O3. The number of carbonyl (C=O) groups excluding carboxylic acids is 2. The molecule has 140 valence electrons. The van der Waals surface area contributed by atoms with Crippen molar-refractivity contribution in [3.63, 3.8) is 0 Å². The molecule has 2 amide bonds. The SMILES string of the molecule is CC1N(c2ccccc2)C(=O)c2ccccc2N1C(=O)CC1CNCCO1. The highest BCUT2D eigenvalue weighted by Gasteiger charge is 2.39. The van der Waals surface area contributed by atoms with Crippen LogP contribution < -0.4 is 15.1 Å². The minimum atomic E-state index is -0.418. The van der Waals surface area contributed by atoms with Gasteiger partial charge in [0.15, 0.2) is 0 Å². The van der Waals surface area contributed by atoms with Gasteiger partial charge in [0.1, 0.15) is 6.17 Å². The Kier molecular flexibility index (Phi) is 4.92. The molecule has 2 aromatic rings. The zero-order valence-electron chi connectivity index (χ0n) is 15.3. The number of hydrogen-bond acceptors (Lipinski definition) is 4. The maximum atomic E-state index is 13.2. The van der Waals surface area contributed by atoms with Gasteiger partial charge in [0.25, 0.3) is 5.91 Å². The number of rotatable bonds is 3. The first-order valence-corrected chi connectivity index (χ1v) is 9.29. The van der Waals surface area contributed by atoms with Gasteiger partial charge in [0, 0.05) is 18.8 Å². The molecule has 6 heteroatoms. The third kappa shape index (κ3) is 3.34. The maximum absolute atomic E-state index is 13.2. The summed E-state index contributed by atoms with van der Waals surface area (Å²) in [4.78, 5) is 29.7. The summed E-state index contributed by atoms with van der Waals surface area (Å²) in [5, 5.41) is 3.25. The summed E-state index contributed by atoms with van der Waals surface area (Å²) in [6.07, 6.45) is -0.282. The molecule has 1 fully saturated rings. The summed E-state index contributed by atoms with van der Waals surface area (Å²) in [6.45, 7) is 3.97. The molecule has 2 aliphatic heterocycles. The molecule has 2 aliphatic rings. The molecule has 0 bridgehead atoms. The first kappa shape index (κ1) is 17.7. The summed E-state index contributed by atoms with van der Waals surface area (Å²) in [7, 11) is 0. The van der Waals surface area contributed by atoms with Gasteiger partial charge in [-0.3, -0.25) is 19.4 Å². The summed E-state index contributed by atoms with van der Waals surface area (Å²) in [5.41, 5.74) is 1.98. The highest BCUT2D eigenvalue weighted by atomic mass is 16.5. The molecule has 2 aromatic carbocycles. The lowest BCUT2D eigenvalue weighted by Crippen LogP contribution is -2.57. The molecule has 2 unspecified atom stereocenters. The molecular weight excluding hydrogens is 342 g/mol. The lowest BCUT2D eigenvalue weighted by Gasteiger charge is -2.43. The quantitative estimate of drug-likeness (QED) is 0.907. The van der Waals surface area contributed by atoms with Gasteiger partial charge in [0.05, 0.1) is 30.4 Å². The molecule has 0 spiro atoms. The summed E-state index contributed by atoms with van der Waals surface area (Å²) < 4.78 is 5.70. The normalized spacial score (nSPS) is 22.5. The highest BCUT2D eigenvalue weighted by molar-refractivity contribution is 6.15. The predicted octanol–water partition coefficient (Wildman–Crippen LogP) is 2.40.